The topological polar surface area (TPSA) is 0 Å². The lowest BCUT2D eigenvalue weighted by molar-refractivity contribution is 0.0431. The van der Waals surface area contributed by atoms with Gasteiger partial charge in [-0.3, -0.25) is 0 Å². The second-order valence-corrected chi connectivity index (χ2v) is 7.27. The second-order valence-electron chi connectivity index (χ2n) is 7.27. The zero-order valence-corrected chi connectivity index (χ0v) is 12.4. The van der Waals surface area contributed by atoms with Crippen molar-refractivity contribution >= 4 is 0 Å². The molecular formula is C17H32. The van der Waals surface area contributed by atoms with Gasteiger partial charge in [0.15, 0.2) is 0 Å². The lowest BCUT2D eigenvalue weighted by Crippen LogP contribution is -2.36. The molecule has 0 aromatic heterocycles. The Hall–Kier alpha value is 0. The van der Waals surface area contributed by atoms with Crippen LogP contribution in [0.25, 0.3) is 0 Å². The van der Waals surface area contributed by atoms with Crippen molar-refractivity contribution in [2.24, 2.45) is 35.5 Å². The Bertz CT molecular complexity index is 230. The predicted octanol–water partition coefficient (Wildman–Crippen LogP) is 5.52. The molecule has 0 heterocycles. The molecule has 0 heteroatoms. The average molecular weight is 236 g/mol. The van der Waals surface area contributed by atoms with Crippen molar-refractivity contribution < 1.29 is 0 Å². The molecule has 6 atom stereocenters. The molecule has 0 nitrogen and oxygen atoms in total. The predicted molar refractivity (Wildman–Crippen MR) is 76.0 cm³/mol. The molecular weight excluding hydrogens is 204 g/mol. The highest BCUT2D eigenvalue weighted by Gasteiger charge is 2.38. The fourth-order valence-corrected chi connectivity index (χ4v) is 4.47. The molecule has 0 aromatic carbocycles. The van der Waals surface area contributed by atoms with Crippen LogP contribution in [0.5, 0.6) is 0 Å². The van der Waals surface area contributed by atoms with Gasteiger partial charge in [-0.1, -0.05) is 47.0 Å². The van der Waals surface area contributed by atoms with Gasteiger partial charge < -0.3 is 0 Å². The smallest absolute Gasteiger partial charge is 0.0355 e. The van der Waals surface area contributed by atoms with Crippen molar-refractivity contribution in [3.63, 3.8) is 0 Å². The number of rotatable bonds is 3. The van der Waals surface area contributed by atoms with Crippen molar-refractivity contribution in [2.45, 2.75) is 72.6 Å². The summed E-state index contributed by atoms with van der Waals surface area (Å²) in [6.45, 7) is 9.81. The van der Waals surface area contributed by atoms with E-state index in [0.29, 0.717) is 0 Å². The molecule has 100 valence electrons. The van der Waals surface area contributed by atoms with Crippen LogP contribution in [0.1, 0.15) is 72.6 Å². The summed E-state index contributed by atoms with van der Waals surface area (Å²) in [7, 11) is 0. The Morgan fingerprint density at radius 3 is 2.47 bits per heavy atom. The maximum absolute atomic E-state index is 2.53. The van der Waals surface area contributed by atoms with Gasteiger partial charge in [-0.05, 0) is 61.2 Å². The summed E-state index contributed by atoms with van der Waals surface area (Å²) in [5.41, 5.74) is 0. The average Bonchev–Trinajstić information content (AvgIpc) is 2.34. The molecule has 2 fully saturated rings. The molecule has 0 aromatic rings. The van der Waals surface area contributed by atoms with Gasteiger partial charge in [0.05, 0.1) is 0 Å². The summed E-state index contributed by atoms with van der Waals surface area (Å²) >= 11 is 0. The first-order chi connectivity index (χ1) is 8.11. The number of hydrogen-bond acceptors (Lipinski definition) is 0. The Balaban J connectivity index is 1.91. The largest absolute Gasteiger partial charge is 0.0651 e. The minimum absolute atomic E-state index is 0.952. The first-order valence-corrected chi connectivity index (χ1v) is 8.11. The van der Waals surface area contributed by atoms with Crippen molar-refractivity contribution in [3.8, 4) is 0 Å². The van der Waals surface area contributed by atoms with E-state index in [1.165, 1.54) is 32.1 Å². The maximum atomic E-state index is 2.53. The molecule has 0 radical (unpaired) electrons. The molecule has 2 aliphatic rings. The summed E-state index contributed by atoms with van der Waals surface area (Å²) in [6.07, 6.45) is 10.5. The molecule has 0 N–H and O–H groups in total. The van der Waals surface area contributed by atoms with Crippen molar-refractivity contribution in [1.82, 2.24) is 0 Å². The Morgan fingerprint density at radius 1 is 1.06 bits per heavy atom. The summed E-state index contributed by atoms with van der Waals surface area (Å²) in [6, 6.07) is 0. The van der Waals surface area contributed by atoms with E-state index in [4.69, 9.17) is 0 Å². The van der Waals surface area contributed by atoms with Crippen LogP contribution < -0.4 is 0 Å². The van der Waals surface area contributed by atoms with Crippen molar-refractivity contribution in [1.29, 1.82) is 0 Å². The molecule has 6 unspecified atom stereocenters. The molecule has 2 rings (SSSR count). The second kappa shape index (κ2) is 5.76. The lowest BCUT2D eigenvalue weighted by Gasteiger charge is -2.46. The first-order valence-electron chi connectivity index (χ1n) is 8.11. The molecule has 0 aliphatic heterocycles. The fraction of sp³-hybridized carbons (Fsp3) is 1.00. The molecule has 17 heavy (non-hydrogen) atoms. The first kappa shape index (κ1) is 13.4. The maximum Gasteiger partial charge on any atom is -0.0355 e. The van der Waals surface area contributed by atoms with Crippen LogP contribution >= 0.6 is 0 Å². The van der Waals surface area contributed by atoms with E-state index in [1.54, 1.807) is 12.8 Å². The van der Waals surface area contributed by atoms with Crippen LogP contribution in [-0.4, -0.2) is 0 Å². The van der Waals surface area contributed by atoms with Crippen molar-refractivity contribution in [3.05, 3.63) is 0 Å². The van der Waals surface area contributed by atoms with Crippen LogP contribution in [0.2, 0.25) is 0 Å². The summed E-state index contributed by atoms with van der Waals surface area (Å²) in [5, 5.41) is 0. The highest BCUT2D eigenvalue weighted by Crippen LogP contribution is 2.48. The number of hydrogen-bond donors (Lipinski definition) is 0. The van der Waals surface area contributed by atoms with Gasteiger partial charge in [-0.2, -0.15) is 0 Å². The molecule has 0 amide bonds. The van der Waals surface area contributed by atoms with E-state index in [0.717, 1.165) is 35.5 Å². The molecule has 0 bridgehead atoms. The van der Waals surface area contributed by atoms with Crippen LogP contribution in [0.3, 0.4) is 0 Å². The zero-order valence-electron chi connectivity index (χ0n) is 12.4. The highest BCUT2D eigenvalue weighted by atomic mass is 14.4. The third-order valence-corrected chi connectivity index (χ3v) is 6.16. The Kier molecular flexibility index (Phi) is 4.55. The van der Waals surface area contributed by atoms with E-state index in [1.807, 2.05) is 0 Å². The van der Waals surface area contributed by atoms with E-state index in [-0.39, 0.29) is 0 Å². The van der Waals surface area contributed by atoms with Gasteiger partial charge in [0.25, 0.3) is 0 Å². The third-order valence-electron chi connectivity index (χ3n) is 6.16. The van der Waals surface area contributed by atoms with Gasteiger partial charge in [-0.15, -0.1) is 0 Å². The van der Waals surface area contributed by atoms with E-state index < -0.39 is 0 Å². The Labute approximate surface area is 109 Å². The van der Waals surface area contributed by atoms with Gasteiger partial charge in [0, 0.05) is 0 Å². The summed E-state index contributed by atoms with van der Waals surface area (Å²) in [5.74, 6) is 6.15. The monoisotopic (exact) mass is 236 g/mol. The molecule has 2 aliphatic carbocycles. The van der Waals surface area contributed by atoms with Crippen molar-refractivity contribution in [2.75, 3.05) is 0 Å². The van der Waals surface area contributed by atoms with Gasteiger partial charge in [0.2, 0.25) is 0 Å². The van der Waals surface area contributed by atoms with Crippen LogP contribution in [-0.2, 0) is 0 Å². The molecule has 0 saturated heterocycles. The van der Waals surface area contributed by atoms with Gasteiger partial charge >= 0.3 is 0 Å². The quantitative estimate of drug-likeness (QED) is 0.605. The Morgan fingerprint density at radius 2 is 1.76 bits per heavy atom. The molecule has 2 saturated carbocycles. The minimum Gasteiger partial charge on any atom is -0.0651 e. The zero-order chi connectivity index (χ0) is 12.4. The minimum atomic E-state index is 0.952. The van der Waals surface area contributed by atoms with Crippen LogP contribution in [0.15, 0.2) is 0 Å². The van der Waals surface area contributed by atoms with E-state index >= 15 is 0 Å². The lowest BCUT2D eigenvalue weighted by atomic mass is 9.60. The van der Waals surface area contributed by atoms with Gasteiger partial charge in [-0.25, -0.2) is 0 Å². The standard InChI is InChI=1S/C17H32/c1-5-12(2)10-15-7-9-16-8-6-13(3)14(4)17(16)11-15/h12-17H,5-11H2,1-4H3. The van der Waals surface area contributed by atoms with Crippen LogP contribution in [0.4, 0.5) is 0 Å². The van der Waals surface area contributed by atoms with E-state index in [2.05, 4.69) is 27.7 Å². The van der Waals surface area contributed by atoms with Gasteiger partial charge in [0.1, 0.15) is 0 Å². The summed E-state index contributed by atoms with van der Waals surface area (Å²) in [4.78, 5) is 0. The fourth-order valence-electron chi connectivity index (χ4n) is 4.47. The third kappa shape index (κ3) is 3.06. The summed E-state index contributed by atoms with van der Waals surface area (Å²) < 4.78 is 0. The van der Waals surface area contributed by atoms with Crippen LogP contribution in [0, 0.1) is 35.5 Å². The highest BCUT2D eigenvalue weighted by molar-refractivity contribution is 4.89. The normalized spacial score (nSPS) is 44.1. The SMILES string of the molecule is CCC(C)CC1CCC2CCC(C)C(C)C2C1. The number of fused-ring (bicyclic) bond motifs is 1. The molecule has 0 spiro atoms. The van der Waals surface area contributed by atoms with E-state index in [9.17, 15) is 0 Å².